The van der Waals surface area contributed by atoms with Gasteiger partial charge in [0.2, 0.25) is 0 Å². The first-order valence-electron chi connectivity index (χ1n) is 8.26. The summed E-state index contributed by atoms with van der Waals surface area (Å²) in [6.07, 6.45) is 0.618. The number of hydrogen-bond acceptors (Lipinski definition) is 2. The number of H-pyrrole nitrogens is 1. The van der Waals surface area contributed by atoms with E-state index in [4.69, 9.17) is 23.2 Å². The molecule has 1 N–H and O–H groups in total. The van der Waals surface area contributed by atoms with E-state index >= 15 is 0 Å². The molecule has 0 spiro atoms. The lowest BCUT2D eigenvalue weighted by Gasteiger charge is -2.26. The van der Waals surface area contributed by atoms with Gasteiger partial charge in [0.15, 0.2) is 0 Å². The Morgan fingerprint density at radius 1 is 1.12 bits per heavy atom. The molecule has 0 atom stereocenters. The third-order valence-corrected chi connectivity index (χ3v) is 5.05. The van der Waals surface area contributed by atoms with Crippen LogP contribution in [0.15, 0.2) is 47.3 Å². The number of fused-ring (bicyclic) bond motifs is 1. The van der Waals surface area contributed by atoms with Gasteiger partial charge in [-0.05, 0) is 42.3 Å². The zero-order valence-electron chi connectivity index (χ0n) is 13.8. The summed E-state index contributed by atoms with van der Waals surface area (Å²) < 4.78 is 15.5. The SMILES string of the molecule is O=c1c2c([nH]n1-c1ccc(Cl)cc1F)CN(Cc1cccc(Cl)c1)CC2. The summed E-state index contributed by atoms with van der Waals surface area (Å²) in [5, 5.41) is 4.06. The Morgan fingerprint density at radius 2 is 1.92 bits per heavy atom. The minimum atomic E-state index is -0.533. The van der Waals surface area contributed by atoms with Crippen LogP contribution in [0, 0.1) is 5.82 Å². The smallest absolute Gasteiger partial charge is 0.274 e. The minimum absolute atomic E-state index is 0.176. The van der Waals surface area contributed by atoms with Crippen LogP contribution in [0.4, 0.5) is 4.39 Å². The molecular formula is C19H16Cl2FN3O. The molecule has 0 saturated carbocycles. The molecule has 3 aromatic rings. The van der Waals surface area contributed by atoms with Gasteiger partial charge >= 0.3 is 0 Å². The highest BCUT2D eigenvalue weighted by molar-refractivity contribution is 6.30. The fraction of sp³-hybridized carbons (Fsp3) is 0.211. The van der Waals surface area contributed by atoms with Gasteiger partial charge < -0.3 is 0 Å². The Labute approximate surface area is 159 Å². The van der Waals surface area contributed by atoms with Crippen molar-refractivity contribution in [1.29, 1.82) is 0 Å². The van der Waals surface area contributed by atoms with E-state index in [-0.39, 0.29) is 11.2 Å². The second kappa shape index (κ2) is 6.91. The molecule has 2 heterocycles. The zero-order valence-corrected chi connectivity index (χ0v) is 15.3. The van der Waals surface area contributed by atoms with E-state index in [0.29, 0.717) is 28.6 Å². The van der Waals surface area contributed by atoms with Gasteiger partial charge in [-0.15, -0.1) is 0 Å². The highest BCUT2D eigenvalue weighted by Crippen LogP contribution is 2.21. The molecule has 1 aliphatic rings. The third-order valence-electron chi connectivity index (χ3n) is 4.58. The van der Waals surface area contributed by atoms with Gasteiger partial charge in [-0.1, -0.05) is 35.3 Å². The topological polar surface area (TPSA) is 41.0 Å². The van der Waals surface area contributed by atoms with Crippen molar-refractivity contribution in [3.8, 4) is 5.69 Å². The summed E-state index contributed by atoms with van der Waals surface area (Å²) in [4.78, 5) is 14.9. The van der Waals surface area contributed by atoms with E-state index < -0.39 is 5.82 Å². The number of nitrogens with zero attached hydrogens (tertiary/aromatic N) is 2. The summed E-state index contributed by atoms with van der Waals surface area (Å²) >= 11 is 11.8. The molecule has 0 saturated heterocycles. The monoisotopic (exact) mass is 391 g/mol. The van der Waals surface area contributed by atoms with Gasteiger partial charge in [0, 0.05) is 35.2 Å². The van der Waals surface area contributed by atoms with E-state index in [1.54, 1.807) is 6.07 Å². The summed E-state index contributed by atoms with van der Waals surface area (Å²) in [6, 6.07) is 12.0. The molecule has 0 aliphatic carbocycles. The van der Waals surface area contributed by atoms with Crippen LogP contribution in [0.3, 0.4) is 0 Å². The predicted molar refractivity (Wildman–Crippen MR) is 101 cm³/mol. The normalized spacial score (nSPS) is 14.4. The predicted octanol–water partition coefficient (Wildman–Crippen LogP) is 4.17. The number of rotatable bonds is 3. The number of hydrogen-bond donors (Lipinski definition) is 1. The van der Waals surface area contributed by atoms with Crippen LogP contribution < -0.4 is 5.56 Å². The molecule has 4 rings (SSSR count). The van der Waals surface area contributed by atoms with Gasteiger partial charge in [0.1, 0.15) is 11.5 Å². The van der Waals surface area contributed by atoms with E-state index in [9.17, 15) is 9.18 Å². The molecule has 1 aromatic heterocycles. The second-order valence-corrected chi connectivity index (χ2v) is 7.27. The lowest BCUT2D eigenvalue weighted by Crippen LogP contribution is -2.31. The van der Waals surface area contributed by atoms with Crippen LogP contribution in [-0.4, -0.2) is 21.2 Å². The molecule has 2 aromatic carbocycles. The lowest BCUT2D eigenvalue weighted by atomic mass is 10.1. The summed E-state index contributed by atoms with van der Waals surface area (Å²) in [7, 11) is 0. The molecule has 0 radical (unpaired) electrons. The number of benzene rings is 2. The van der Waals surface area contributed by atoms with Crippen molar-refractivity contribution in [1.82, 2.24) is 14.7 Å². The van der Waals surface area contributed by atoms with Gasteiger partial charge in [-0.3, -0.25) is 14.8 Å². The number of halogens is 3. The van der Waals surface area contributed by atoms with Crippen LogP contribution in [0.5, 0.6) is 0 Å². The third kappa shape index (κ3) is 3.30. The average molecular weight is 392 g/mol. The van der Waals surface area contributed by atoms with Gasteiger partial charge in [0.25, 0.3) is 5.56 Å². The number of aromatic nitrogens is 2. The molecule has 134 valence electrons. The first-order valence-corrected chi connectivity index (χ1v) is 9.02. The van der Waals surface area contributed by atoms with Crippen molar-refractivity contribution < 1.29 is 4.39 Å². The van der Waals surface area contributed by atoms with Crippen LogP contribution in [-0.2, 0) is 19.5 Å². The van der Waals surface area contributed by atoms with Crippen molar-refractivity contribution in [2.24, 2.45) is 0 Å². The molecule has 1 aliphatic heterocycles. The van der Waals surface area contributed by atoms with E-state index in [0.717, 1.165) is 24.3 Å². The Morgan fingerprint density at radius 3 is 2.69 bits per heavy atom. The first kappa shape index (κ1) is 17.3. The van der Waals surface area contributed by atoms with Crippen molar-refractivity contribution in [2.45, 2.75) is 19.5 Å². The quantitative estimate of drug-likeness (QED) is 0.727. The standard InChI is InChI=1S/C19H16Cl2FN3O/c20-13-3-1-2-12(8-13)10-24-7-6-15-17(11-24)23-25(19(15)26)18-5-4-14(21)9-16(18)22/h1-5,8-9,23H,6-7,10-11H2. The van der Waals surface area contributed by atoms with Crippen LogP contribution in [0.1, 0.15) is 16.8 Å². The molecule has 7 heteroatoms. The van der Waals surface area contributed by atoms with Crippen molar-refractivity contribution >= 4 is 23.2 Å². The summed E-state index contributed by atoms with van der Waals surface area (Å²) in [5.41, 5.74) is 2.62. The van der Waals surface area contributed by atoms with Gasteiger partial charge in [-0.25, -0.2) is 9.07 Å². The Bertz CT molecular complexity index is 1030. The minimum Gasteiger partial charge on any atom is -0.293 e. The summed E-state index contributed by atoms with van der Waals surface area (Å²) in [5.74, 6) is -0.533. The average Bonchev–Trinajstić information content (AvgIpc) is 2.91. The van der Waals surface area contributed by atoms with Crippen LogP contribution in [0.25, 0.3) is 5.69 Å². The largest absolute Gasteiger partial charge is 0.293 e. The maximum absolute atomic E-state index is 14.2. The van der Waals surface area contributed by atoms with Crippen molar-refractivity contribution in [3.63, 3.8) is 0 Å². The molecule has 0 unspecified atom stereocenters. The Kier molecular flexibility index (Phi) is 4.61. The maximum atomic E-state index is 14.2. The Balaban J connectivity index is 1.61. The van der Waals surface area contributed by atoms with Crippen LogP contribution in [0.2, 0.25) is 10.0 Å². The maximum Gasteiger partial charge on any atom is 0.274 e. The first-order chi connectivity index (χ1) is 12.5. The van der Waals surface area contributed by atoms with Crippen molar-refractivity contribution in [3.05, 3.63) is 85.5 Å². The highest BCUT2D eigenvalue weighted by atomic mass is 35.5. The molecule has 0 amide bonds. The molecule has 0 fully saturated rings. The molecule has 4 nitrogen and oxygen atoms in total. The van der Waals surface area contributed by atoms with E-state index in [1.807, 2.05) is 24.3 Å². The van der Waals surface area contributed by atoms with Gasteiger partial charge in [-0.2, -0.15) is 0 Å². The van der Waals surface area contributed by atoms with E-state index in [1.165, 1.54) is 16.8 Å². The molecule has 0 bridgehead atoms. The van der Waals surface area contributed by atoms with Gasteiger partial charge in [0.05, 0.1) is 5.69 Å². The fourth-order valence-corrected chi connectivity index (χ4v) is 3.71. The summed E-state index contributed by atoms with van der Waals surface area (Å²) in [6.45, 7) is 2.09. The second-order valence-electron chi connectivity index (χ2n) is 6.40. The van der Waals surface area contributed by atoms with E-state index in [2.05, 4.69) is 10.00 Å². The van der Waals surface area contributed by atoms with Crippen molar-refractivity contribution in [2.75, 3.05) is 6.54 Å². The molecular weight excluding hydrogens is 376 g/mol. The zero-order chi connectivity index (χ0) is 18.3. The fourth-order valence-electron chi connectivity index (χ4n) is 3.34. The number of nitrogens with one attached hydrogen (secondary N) is 1. The lowest BCUT2D eigenvalue weighted by molar-refractivity contribution is 0.242. The highest BCUT2D eigenvalue weighted by Gasteiger charge is 2.23. The Hall–Kier alpha value is -2.08. The molecule has 26 heavy (non-hydrogen) atoms. The van der Waals surface area contributed by atoms with Crippen LogP contribution >= 0.6 is 23.2 Å². The number of aromatic amines is 1.